The molecule has 0 radical (unpaired) electrons. The molecule has 0 rings (SSSR count). The molecule has 0 aromatic rings. The molecule has 0 atom stereocenters. The van der Waals surface area contributed by atoms with Gasteiger partial charge in [-0.25, -0.2) is 4.72 Å². The number of ether oxygens (including phenoxy) is 2. The Bertz CT molecular complexity index is 363. The molecule has 0 aliphatic rings. The zero-order valence-electron chi connectivity index (χ0n) is 10.6. The van der Waals surface area contributed by atoms with Crippen molar-refractivity contribution < 1.29 is 27.5 Å². The predicted octanol–water partition coefficient (Wildman–Crippen LogP) is -1.12. The van der Waals surface area contributed by atoms with Crippen molar-refractivity contribution in [3.8, 4) is 0 Å². The second-order valence-electron chi connectivity index (χ2n) is 3.32. The molecule has 0 amide bonds. The maximum absolute atomic E-state index is 11.8. The number of methoxy groups -OCH3 is 2. The Kier molecular flexibility index (Phi) is 7.48. The first-order valence-corrected chi connectivity index (χ1v) is 6.69. The zero-order chi connectivity index (χ0) is 14.2. The maximum Gasteiger partial charge on any atom is 0.321 e. The van der Waals surface area contributed by atoms with Crippen LogP contribution in [0.5, 0.6) is 0 Å². The smallest absolute Gasteiger partial charge is 0.321 e. The Labute approximate surface area is 106 Å². The highest BCUT2D eigenvalue weighted by atomic mass is 32.2. The van der Waals surface area contributed by atoms with Gasteiger partial charge < -0.3 is 9.47 Å². The standard InChI is InChI=1S/C9H18N2O6S/c1-4-5-10-18(14,15)11(6-8(12)16-2)7-9(13)17-3/h10H,4-7H2,1-3H3. The average molecular weight is 282 g/mol. The number of nitrogens with zero attached hydrogens (tertiary/aromatic N) is 1. The van der Waals surface area contributed by atoms with Gasteiger partial charge in [0.05, 0.1) is 14.2 Å². The number of nitrogens with one attached hydrogen (secondary N) is 1. The van der Waals surface area contributed by atoms with Crippen LogP contribution in [-0.2, 0) is 29.3 Å². The van der Waals surface area contributed by atoms with E-state index in [0.717, 1.165) is 14.2 Å². The highest BCUT2D eigenvalue weighted by Gasteiger charge is 2.27. The molecule has 0 saturated heterocycles. The molecule has 106 valence electrons. The van der Waals surface area contributed by atoms with Crippen molar-refractivity contribution in [2.45, 2.75) is 13.3 Å². The molecule has 0 aliphatic heterocycles. The van der Waals surface area contributed by atoms with Crippen LogP contribution in [0.4, 0.5) is 0 Å². The molecule has 18 heavy (non-hydrogen) atoms. The van der Waals surface area contributed by atoms with Gasteiger partial charge in [-0.1, -0.05) is 6.92 Å². The third-order valence-corrected chi connectivity index (χ3v) is 3.45. The van der Waals surface area contributed by atoms with E-state index in [4.69, 9.17) is 0 Å². The Morgan fingerprint density at radius 3 is 1.89 bits per heavy atom. The topological polar surface area (TPSA) is 102 Å². The van der Waals surface area contributed by atoms with Crippen LogP contribution in [0.15, 0.2) is 0 Å². The molecular weight excluding hydrogens is 264 g/mol. The average Bonchev–Trinajstić information content (AvgIpc) is 2.34. The van der Waals surface area contributed by atoms with Crippen molar-refractivity contribution in [2.75, 3.05) is 33.9 Å². The summed E-state index contributed by atoms with van der Waals surface area (Å²) in [5.41, 5.74) is 0. The summed E-state index contributed by atoms with van der Waals surface area (Å²) in [7, 11) is -1.65. The number of hydrogen-bond donors (Lipinski definition) is 1. The Morgan fingerprint density at radius 2 is 1.56 bits per heavy atom. The molecule has 0 aliphatic carbocycles. The molecule has 8 nitrogen and oxygen atoms in total. The zero-order valence-corrected chi connectivity index (χ0v) is 11.4. The molecule has 0 aromatic carbocycles. The normalized spacial score (nSPS) is 11.3. The van der Waals surface area contributed by atoms with Crippen molar-refractivity contribution in [1.82, 2.24) is 9.03 Å². The molecule has 0 saturated carbocycles. The van der Waals surface area contributed by atoms with Crippen LogP contribution in [0.1, 0.15) is 13.3 Å². The third-order valence-electron chi connectivity index (χ3n) is 1.94. The SMILES string of the molecule is CCCNS(=O)(=O)N(CC(=O)OC)CC(=O)OC. The minimum Gasteiger partial charge on any atom is -0.468 e. The van der Waals surface area contributed by atoms with Crippen molar-refractivity contribution in [3.63, 3.8) is 0 Å². The Balaban J connectivity index is 4.83. The summed E-state index contributed by atoms with van der Waals surface area (Å²) in [6.45, 7) is 0.893. The van der Waals surface area contributed by atoms with Gasteiger partial charge in [0.1, 0.15) is 13.1 Å². The maximum atomic E-state index is 11.8. The van der Waals surface area contributed by atoms with Gasteiger partial charge in [0.2, 0.25) is 0 Å². The fraction of sp³-hybridized carbons (Fsp3) is 0.778. The minimum atomic E-state index is -3.91. The van der Waals surface area contributed by atoms with Gasteiger partial charge in [0.15, 0.2) is 0 Å². The van der Waals surface area contributed by atoms with E-state index in [1.807, 2.05) is 0 Å². The summed E-state index contributed by atoms with van der Waals surface area (Å²) in [5, 5.41) is 0. The second-order valence-corrected chi connectivity index (χ2v) is 5.07. The summed E-state index contributed by atoms with van der Waals surface area (Å²) >= 11 is 0. The largest absolute Gasteiger partial charge is 0.468 e. The molecule has 0 unspecified atom stereocenters. The van der Waals surface area contributed by atoms with Gasteiger partial charge in [-0.15, -0.1) is 0 Å². The van der Waals surface area contributed by atoms with Crippen LogP contribution >= 0.6 is 0 Å². The van der Waals surface area contributed by atoms with Gasteiger partial charge in [-0.2, -0.15) is 12.7 Å². The van der Waals surface area contributed by atoms with Crippen LogP contribution in [-0.4, -0.2) is 58.5 Å². The summed E-state index contributed by atoms with van der Waals surface area (Å²) in [4.78, 5) is 22.2. The first-order valence-electron chi connectivity index (χ1n) is 5.25. The molecule has 0 spiro atoms. The van der Waals surface area contributed by atoms with E-state index in [1.165, 1.54) is 0 Å². The summed E-state index contributed by atoms with van der Waals surface area (Å²) < 4.78 is 35.2. The number of esters is 2. The van der Waals surface area contributed by atoms with Gasteiger partial charge >= 0.3 is 11.9 Å². The lowest BCUT2D eigenvalue weighted by Crippen LogP contribution is -2.46. The molecule has 1 N–H and O–H groups in total. The van der Waals surface area contributed by atoms with Crippen LogP contribution in [0.25, 0.3) is 0 Å². The monoisotopic (exact) mass is 282 g/mol. The summed E-state index contributed by atoms with van der Waals surface area (Å²) in [5.74, 6) is -1.53. The number of hydrogen-bond acceptors (Lipinski definition) is 6. The minimum absolute atomic E-state index is 0.210. The van der Waals surface area contributed by atoms with Crippen molar-refractivity contribution >= 4 is 22.1 Å². The van der Waals surface area contributed by atoms with Gasteiger partial charge in [0, 0.05) is 6.54 Å². The fourth-order valence-corrected chi connectivity index (χ4v) is 2.16. The van der Waals surface area contributed by atoms with Crippen LogP contribution in [0, 0.1) is 0 Å². The van der Waals surface area contributed by atoms with E-state index in [-0.39, 0.29) is 6.54 Å². The van der Waals surface area contributed by atoms with Crippen molar-refractivity contribution in [3.05, 3.63) is 0 Å². The lowest BCUT2D eigenvalue weighted by molar-refractivity contribution is -0.143. The molecule has 0 aromatic heterocycles. The van der Waals surface area contributed by atoms with E-state index in [1.54, 1.807) is 6.92 Å². The molecule has 0 heterocycles. The number of carbonyl (C=O) groups is 2. The summed E-state index contributed by atoms with van der Waals surface area (Å²) in [6.07, 6.45) is 0.587. The third kappa shape index (κ3) is 5.94. The van der Waals surface area contributed by atoms with Gasteiger partial charge in [0.25, 0.3) is 10.2 Å². The highest BCUT2D eigenvalue weighted by molar-refractivity contribution is 7.87. The van der Waals surface area contributed by atoms with E-state index in [2.05, 4.69) is 14.2 Å². The molecule has 0 bridgehead atoms. The van der Waals surface area contributed by atoms with Crippen LogP contribution < -0.4 is 4.72 Å². The first kappa shape index (κ1) is 16.8. The molecular formula is C9H18N2O6S. The lowest BCUT2D eigenvalue weighted by Gasteiger charge is -2.19. The Morgan fingerprint density at radius 1 is 1.11 bits per heavy atom. The van der Waals surface area contributed by atoms with E-state index in [0.29, 0.717) is 10.7 Å². The van der Waals surface area contributed by atoms with Gasteiger partial charge in [-0.05, 0) is 6.42 Å². The van der Waals surface area contributed by atoms with E-state index >= 15 is 0 Å². The molecule has 9 heteroatoms. The van der Waals surface area contributed by atoms with Crippen LogP contribution in [0.3, 0.4) is 0 Å². The quantitative estimate of drug-likeness (QED) is 0.566. The number of carbonyl (C=O) groups excluding carboxylic acids is 2. The lowest BCUT2D eigenvalue weighted by atomic mass is 10.5. The number of rotatable bonds is 8. The van der Waals surface area contributed by atoms with Crippen molar-refractivity contribution in [1.29, 1.82) is 0 Å². The van der Waals surface area contributed by atoms with Crippen molar-refractivity contribution in [2.24, 2.45) is 0 Å². The highest BCUT2D eigenvalue weighted by Crippen LogP contribution is 1.99. The van der Waals surface area contributed by atoms with Crippen LogP contribution in [0.2, 0.25) is 0 Å². The molecule has 0 fully saturated rings. The van der Waals surface area contributed by atoms with E-state index < -0.39 is 35.2 Å². The second kappa shape index (κ2) is 8.01. The fourth-order valence-electron chi connectivity index (χ4n) is 0.965. The summed E-state index contributed by atoms with van der Waals surface area (Å²) in [6, 6.07) is 0. The Hall–Kier alpha value is -1.19. The van der Waals surface area contributed by atoms with E-state index in [9.17, 15) is 18.0 Å². The van der Waals surface area contributed by atoms with Gasteiger partial charge in [-0.3, -0.25) is 9.59 Å². The first-order chi connectivity index (χ1) is 8.37. The predicted molar refractivity (Wildman–Crippen MR) is 62.8 cm³/mol.